The van der Waals surface area contributed by atoms with E-state index in [0.29, 0.717) is 11.9 Å². The van der Waals surface area contributed by atoms with Gasteiger partial charge in [0.25, 0.3) is 0 Å². The van der Waals surface area contributed by atoms with Crippen molar-refractivity contribution in [2.45, 2.75) is 37.6 Å². The lowest BCUT2D eigenvalue weighted by atomic mass is 10.0. The van der Waals surface area contributed by atoms with Gasteiger partial charge in [-0.15, -0.1) is 0 Å². The Morgan fingerprint density at radius 2 is 1.86 bits per heavy atom. The smallest absolute Gasteiger partial charge is 0.186 e. The Balaban J connectivity index is 2.52. The van der Waals surface area contributed by atoms with Crippen molar-refractivity contribution >= 4 is 15.9 Å². The molecular formula is C8H15BrO5. The molecule has 1 saturated heterocycles. The van der Waals surface area contributed by atoms with E-state index >= 15 is 0 Å². The summed E-state index contributed by atoms with van der Waals surface area (Å²) in [6.07, 6.45) is -4.93. The van der Waals surface area contributed by atoms with E-state index in [9.17, 15) is 15.3 Å². The molecule has 0 amide bonds. The first kappa shape index (κ1) is 12.4. The van der Waals surface area contributed by atoms with Gasteiger partial charge in [-0.2, -0.15) is 0 Å². The fourth-order valence-corrected chi connectivity index (χ4v) is 1.50. The monoisotopic (exact) mass is 270 g/mol. The van der Waals surface area contributed by atoms with E-state index in [1.807, 2.05) is 0 Å². The van der Waals surface area contributed by atoms with Gasteiger partial charge in [-0.3, -0.25) is 0 Å². The van der Waals surface area contributed by atoms with Crippen LogP contribution in [0.15, 0.2) is 0 Å². The summed E-state index contributed by atoms with van der Waals surface area (Å²) in [6.45, 7) is 1.99. The molecule has 0 aromatic rings. The second-order valence-corrected chi connectivity index (χ2v) is 4.03. The molecule has 0 aromatic heterocycles. The zero-order valence-electron chi connectivity index (χ0n) is 7.84. The molecule has 1 aliphatic heterocycles. The highest BCUT2D eigenvalue weighted by atomic mass is 79.9. The van der Waals surface area contributed by atoms with Crippen molar-refractivity contribution in [3.05, 3.63) is 0 Å². The summed E-state index contributed by atoms with van der Waals surface area (Å²) in [5.41, 5.74) is 0. The largest absolute Gasteiger partial charge is 0.388 e. The van der Waals surface area contributed by atoms with Gasteiger partial charge in [0.2, 0.25) is 0 Å². The third-order valence-electron chi connectivity index (χ3n) is 2.17. The van der Waals surface area contributed by atoms with Gasteiger partial charge in [0.15, 0.2) is 6.29 Å². The summed E-state index contributed by atoms with van der Waals surface area (Å²) in [4.78, 5) is 0. The highest BCUT2D eigenvalue weighted by molar-refractivity contribution is 9.09. The van der Waals surface area contributed by atoms with Crippen molar-refractivity contribution in [1.29, 1.82) is 0 Å². The molecule has 5 nitrogen and oxygen atoms in total. The van der Waals surface area contributed by atoms with Crippen molar-refractivity contribution in [2.24, 2.45) is 0 Å². The molecule has 0 saturated carbocycles. The second-order valence-electron chi connectivity index (χ2n) is 3.24. The normalized spacial score (nSPS) is 43.9. The fourth-order valence-electron chi connectivity index (χ4n) is 1.31. The highest BCUT2D eigenvalue weighted by Gasteiger charge is 2.42. The van der Waals surface area contributed by atoms with Crippen LogP contribution in [0.1, 0.15) is 6.92 Å². The number of ether oxygens (including phenoxy) is 2. The minimum Gasteiger partial charge on any atom is -0.388 e. The van der Waals surface area contributed by atoms with Crippen LogP contribution in [-0.4, -0.2) is 58.0 Å². The van der Waals surface area contributed by atoms with Gasteiger partial charge in [0.05, 0.1) is 12.7 Å². The number of hydrogen-bond acceptors (Lipinski definition) is 5. The average Bonchev–Trinajstić information content (AvgIpc) is 2.18. The molecule has 14 heavy (non-hydrogen) atoms. The van der Waals surface area contributed by atoms with Crippen LogP contribution >= 0.6 is 15.9 Å². The molecule has 1 heterocycles. The number of halogens is 1. The van der Waals surface area contributed by atoms with Gasteiger partial charge in [-0.05, 0) is 6.92 Å². The first-order valence-electron chi connectivity index (χ1n) is 4.45. The molecule has 0 aromatic carbocycles. The molecule has 84 valence electrons. The Kier molecular flexibility index (Phi) is 4.75. The maximum atomic E-state index is 9.48. The molecule has 0 bridgehead atoms. The minimum atomic E-state index is -1.22. The zero-order valence-corrected chi connectivity index (χ0v) is 9.42. The second kappa shape index (κ2) is 5.39. The van der Waals surface area contributed by atoms with E-state index in [4.69, 9.17) is 9.47 Å². The van der Waals surface area contributed by atoms with Crippen LogP contribution in [0, 0.1) is 0 Å². The molecule has 0 aliphatic carbocycles. The summed E-state index contributed by atoms with van der Waals surface area (Å²) in [5, 5.41) is 28.9. The van der Waals surface area contributed by atoms with E-state index in [2.05, 4.69) is 15.9 Å². The van der Waals surface area contributed by atoms with Crippen molar-refractivity contribution in [3.63, 3.8) is 0 Å². The Hall–Kier alpha value is 0.280. The average molecular weight is 271 g/mol. The van der Waals surface area contributed by atoms with Gasteiger partial charge < -0.3 is 24.8 Å². The van der Waals surface area contributed by atoms with Crippen molar-refractivity contribution in [1.82, 2.24) is 0 Å². The predicted octanol–water partition coefficient (Wildman–Crippen LogP) is -0.775. The molecule has 0 spiro atoms. The van der Waals surface area contributed by atoms with E-state index < -0.39 is 30.7 Å². The van der Waals surface area contributed by atoms with Gasteiger partial charge in [0.1, 0.15) is 18.3 Å². The third kappa shape index (κ3) is 2.65. The maximum absolute atomic E-state index is 9.48. The molecule has 5 atom stereocenters. The van der Waals surface area contributed by atoms with Crippen molar-refractivity contribution in [3.8, 4) is 0 Å². The van der Waals surface area contributed by atoms with Crippen LogP contribution < -0.4 is 0 Å². The topological polar surface area (TPSA) is 79.2 Å². The molecule has 1 rings (SSSR count). The van der Waals surface area contributed by atoms with Crippen LogP contribution in [0.5, 0.6) is 0 Å². The Morgan fingerprint density at radius 1 is 1.21 bits per heavy atom. The molecule has 0 unspecified atom stereocenters. The van der Waals surface area contributed by atoms with E-state index in [1.54, 1.807) is 6.92 Å². The lowest BCUT2D eigenvalue weighted by Crippen LogP contribution is -2.57. The quantitative estimate of drug-likeness (QED) is 0.587. The number of aliphatic hydroxyl groups excluding tert-OH is 3. The SMILES string of the molecule is C[C@@H]1O[C@H](OCCBr)[C@@H](O)[C@H](O)[C@@H]1O. The Bertz CT molecular complexity index is 179. The predicted molar refractivity (Wildman–Crippen MR) is 52.1 cm³/mol. The van der Waals surface area contributed by atoms with Gasteiger partial charge in [-0.1, -0.05) is 15.9 Å². The molecular weight excluding hydrogens is 256 g/mol. The molecule has 3 N–H and O–H groups in total. The van der Waals surface area contributed by atoms with Gasteiger partial charge in [0, 0.05) is 5.33 Å². The fraction of sp³-hybridized carbons (Fsp3) is 1.00. The van der Waals surface area contributed by atoms with Crippen LogP contribution in [0.25, 0.3) is 0 Å². The van der Waals surface area contributed by atoms with E-state index in [0.717, 1.165) is 0 Å². The first-order chi connectivity index (χ1) is 6.57. The first-order valence-corrected chi connectivity index (χ1v) is 5.57. The molecule has 1 fully saturated rings. The van der Waals surface area contributed by atoms with E-state index in [1.165, 1.54) is 0 Å². The van der Waals surface area contributed by atoms with Crippen LogP contribution in [0.3, 0.4) is 0 Å². The molecule has 0 radical (unpaired) electrons. The van der Waals surface area contributed by atoms with Crippen LogP contribution in [0.2, 0.25) is 0 Å². The Labute approximate surface area is 90.8 Å². The van der Waals surface area contributed by atoms with Crippen molar-refractivity contribution in [2.75, 3.05) is 11.9 Å². The number of hydrogen-bond donors (Lipinski definition) is 3. The van der Waals surface area contributed by atoms with Crippen LogP contribution in [-0.2, 0) is 9.47 Å². The number of alkyl halides is 1. The van der Waals surface area contributed by atoms with Crippen LogP contribution in [0.4, 0.5) is 0 Å². The lowest BCUT2D eigenvalue weighted by Gasteiger charge is -2.38. The van der Waals surface area contributed by atoms with Crippen molar-refractivity contribution < 1.29 is 24.8 Å². The van der Waals surface area contributed by atoms with E-state index in [-0.39, 0.29) is 0 Å². The molecule has 6 heteroatoms. The summed E-state index contributed by atoms with van der Waals surface area (Å²) in [6, 6.07) is 0. The Morgan fingerprint density at radius 3 is 2.43 bits per heavy atom. The lowest BCUT2D eigenvalue weighted by molar-refractivity contribution is -0.291. The highest BCUT2D eigenvalue weighted by Crippen LogP contribution is 2.21. The standard InChI is InChI=1S/C8H15BrO5/c1-4-5(10)6(11)7(12)8(14-4)13-3-2-9/h4-8,10-12H,2-3H2,1H3/t4-,5+,6+,7-,8-/m0/s1. The van der Waals surface area contributed by atoms with Gasteiger partial charge in [-0.25, -0.2) is 0 Å². The minimum absolute atomic E-state index is 0.372. The van der Waals surface area contributed by atoms with Gasteiger partial charge >= 0.3 is 0 Å². The molecule has 1 aliphatic rings. The summed E-state index contributed by atoms with van der Waals surface area (Å²) >= 11 is 3.16. The zero-order chi connectivity index (χ0) is 10.7. The maximum Gasteiger partial charge on any atom is 0.186 e. The summed E-state index contributed by atoms with van der Waals surface area (Å²) in [5.74, 6) is 0. The summed E-state index contributed by atoms with van der Waals surface area (Å²) < 4.78 is 10.3. The number of rotatable bonds is 3. The number of aliphatic hydroxyl groups is 3. The third-order valence-corrected chi connectivity index (χ3v) is 2.49. The summed E-state index contributed by atoms with van der Waals surface area (Å²) in [7, 11) is 0.